The van der Waals surface area contributed by atoms with Crippen LogP contribution in [0.1, 0.15) is 252 Å². The minimum atomic E-state index is -0.819. The number of esters is 3. The number of carbonyl (C=O) groups is 3. The van der Waals surface area contributed by atoms with Crippen LogP contribution in [-0.4, -0.2) is 37.2 Å². The van der Waals surface area contributed by atoms with E-state index in [1.807, 2.05) is 12.2 Å². The number of hydrogen-bond donors (Lipinski definition) is 0. The number of ether oxygens (including phenoxy) is 3. The van der Waals surface area contributed by atoms with Crippen molar-refractivity contribution in [2.75, 3.05) is 13.2 Å². The highest BCUT2D eigenvalue weighted by molar-refractivity contribution is 5.71. The van der Waals surface area contributed by atoms with Gasteiger partial charge in [-0.25, -0.2) is 0 Å². The highest BCUT2D eigenvalue weighted by Crippen LogP contribution is 2.14. The van der Waals surface area contributed by atoms with Crippen molar-refractivity contribution in [3.63, 3.8) is 0 Å². The molecule has 0 aliphatic carbocycles. The Morgan fingerprint density at radius 3 is 0.932 bits per heavy atom. The van der Waals surface area contributed by atoms with Crippen LogP contribution in [0, 0.1) is 0 Å². The molecular weight excluding hydrogens is 901 g/mol. The molecule has 0 aromatic rings. The third kappa shape index (κ3) is 58.3. The van der Waals surface area contributed by atoms with Crippen LogP contribution in [0.5, 0.6) is 0 Å². The lowest BCUT2D eigenvalue weighted by Gasteiger charge is -2.18. The van der Waals surface area contributed by atoms with E-state index in [1.165, 1.54) is 83.5 Å². The van der Waals surface area contributed by atoms with E-state index in [0.29, 0.717) is 19.3 Å². The molecule has 73 heavy (non-hydrogen) atoms. The first-order chi connectivity index (χ1) is 36.0. The molecule has 1 atom stereocenters. The van der Waals surface area contributed by atoms with Gasteiger partial charge in [0.15, 0.2) is 6.10 Å². The molecule has 0 amide bonds. The molecule has 0 fully saturated rings. The average molecular weight is 1010 g/mol. The van der Waals surface area contributed by atoms with E-state index < -0.39 is 6.10 Å². The van der Waals surface area contributed by atoms with Crippen LogP contribution >= 0.6 is 0 Å². The van der Waals surface area contributed by atoms with Crippen molar-refractivity contribution in [1.82, 2.24) is 0 Å². The molecule has 0 N–H and O–H groups in total. The summed E-state index contributed by atoms with van der Waals surface area (Å²) in [7, 11) is 0. The minimum absolute atomic E-state index is 0.111. The molecule has 0 bridgehead atoms. The van der Waals surface area contributed by atoms with Crippen molar-refractivity contribution >= 4 is 17.9 Å². The Hall–Kier alpha value is -4.45. The van der Waals surface area contributed by atoms with Crippen LogP contribution in [-0.2, 0) is 28.6 Å². The standard InChI is InChI=1S/C67H108O6/c1-4-7-10-13-16-19-22-25-27-28-29-30-31-32-33-34-35-36-37-38-40-42-45-48-51-54-57-60-66(69)72-63-64(62-71-65(68)59-56-53-50-47-44-41-24-21-18-15-12-9-6-3)73-67(70)61-58-55-52-49-46-43-39-26-23-20-17-14-11-8-5-2/h7,9-10,12,16,18-19,21,25-27,29-30,32-33,35-36,39,41,44,50,53,64H,4-6,8,11,13-15,17,20,22-24,28,31,34,37-38,40,42-43,45-49,51-52,54-63H2,1-3H3/b10-7-,12-9-,19-16-,21-18-,27-25-,30-29-,33-32-,36-35-,39-26-,44-41-,53-50-. The Labute approximate surface area is 449 Å². The smallest absolute Gasteiger partial charge is 0.306 e. The molecule has 0 aromatic heterocycles. The van der Waals surface area contributed by atoms with E-state index in [2.05, 4.69) is 142 Å². The van der Waals surface area contributed by atoms with Crippen LogP contribution < -0.4 is 0 Å². The largest absolute Gasteiger partial charge is 0.462 e. The monoisotopic (exact) mass is 1010 g/mol. The summed E-state index contributed by atoms with van der Waals surface area (Å²) in [5.41, 5.74) is 0. The maximum absolute atomic E-state index is 12.8. The second-order valence-electron chi connectivity index (χ2n) is 19.1. The van der Waals surface area contributed by atoms with Gasteiger partial charge in [0.1, 0.15) is 13.2 Å². The van der Waals surface area contributed by atoms with Crippen LogP contribution in [0.25, 0.3) is 0 Å². The molecule has 6 heteroatoms. The van der Waals surface area contributed by atoms with Gasteiger partial charge < -0.3 is 14.2 Å². The summed E-state index contributed by atoms with van der Waals surface area (Å²) >= 11 is 0. The van der Waals surface area contributed by atoms with Crippen LogP contribution in [0.15, 0.2) is 134 Å². The molecule has 0 saturated heterocycles. The molecule has 0 aliphatic heterocycles. The number of rotatable bonds is 52. The zero-order valence-electron chi connectivity index (χ0n) is 47.1. The number of hydrogen-bond acceptors (Lipinski definition) is 6. The van der Waals surface area contributed by atoms with Gasteiger partial charge in [0.2, 0.25) is 0 Å². The fourth-order valence-electron chi connectivity index (χ4n) is 7.75. The van der Waals surface area contributed by atoms with Gasteiger partial charge in [-0.3, -0.25) is 14.4 Å². The van der Waals surface area contributed by atoms with Crippen LogP contribution in [0.3, 0.4) is 0 Å². The third-order valence-corrected chi connectivity index (χ3v) is 12.1. The third-order valence-electron chi connectivity index (χ3n) is 12.1. The lowest BCUT2D eigenvalue weighted by molar-refractivity contribution is -0.166. The molecule has 0 rings (SSSR count). The molecule has 0 spiro atoms. The number of unbranched alkanes of at least 4 members (excludes halogenated alkanes) is 19. The lowest BCUT2D eigenvalue weighted by Crippen LogP contribution is -2.30. The van der Waals surface area contributed by atoms with Gasteiger partial charge in [0, 0.05) is 19.3 Å². The molecular formula is C67H108O6. The SMILES string of the molecule is CC/C=C\C/C=C\C/C=C\C/C=C\C/C=C\C/C=C\CCCCCCCCCCC(=O)OCC(COC(=O)CC/C=C\C/C=C\C/C=C\C/C=C\CC)OC(=O)CCCCCCC/C=C\CCCCCCCC. The van der Waals surface area contributed by atoms with Gasteiger partial charge in [0.05, 0.1) is 0 Å². The fourth-order valence-corrected chi connectivity index (χ4v) is 7.75. The number of allylic oxidation sites excluding steroid dienone is 22. The summed E-state index contributed by atoms with van der Waals surface area (Å²) in [6.07, 6.45) is 84.6. The van der Waals surface area contributed by atoms with Gasteiger partial charge in [-0.05, 0) is 122 Å². The summed E-state index contributed by atoms with van der Waals surface area (Å²) in [5, 5.41) is 0. The van der Waals surface area contributed by atoms with Crippen molar-refractivity contribution in [2.24, 2.45) is 0 Å². The molecule has 1 unspecified atom stereocenters. The highest BCUT2D eigenvalue weighted by atomic mass is 16.6. The maximum atomic E-state index is 12.8. The Morgan fingerprint density at radius 2 is 0.562 bits per heavy atom. The summed E-state index contributed by atoms with van der Waals surface area (Å²) < 4.78 is 16.8. The van der Waals surface area contributed by atoms with Crippen molar-refractivity contribution < 1.29 is 28.6 Å². The fraction of sp³-hybridized carbons (Fsp3) is 0.627. The first-order valence-corrected chi connectivity index (χ1v) is 29.7. The summed E-state index contributed by atoms with van der Waals surface area (Å²) in [6, 6.07) is 0. The van der Waals surface area contributed by atoms with E-state index in [1.54, 1.807) is 0 Å². The van der Waals surface area contributed by atoms with Crippen LogP contribution in [0.2, 0.25) is 0 Å². The molecule has 6 nitrogen and oxygen atoms in total. The first-order valence-electron chi connectivity index (χ1n) is 29.7. The zero-order chi connectivity index (χ0) is 52.9. The zero-order valence-corrected chi connectivity index (χ0v) is 47.1. The second kappa shape index (κ2) is 60.1. The van der Waals surface area contributed by atoms with Gasteiger partial charge in [0.25, 0.3) is 0 Å². The van der Waals surface area contributed by atoms with Crippen molar-refractivity contribution in [2.45, 2.75) is 258 Å². The van der Waals surface area contributed by atoms with Gasteiger partial charge >= 0.3 is 17.9 Å². The molecule has 412 valence electrons. The Balaban J connectivity index is 4.39. The topological polar surface area (TPSA) is 78.9 Å². The molecule has 0 aromatic carbocycles. The minimum Gasteiger partial charge on any atom is -0.462 e. The molecule has 0 heterocycles. The Bertz CT molecular complexity index is 1580. The summed E-state index contributed by atoms with van der Waals surface area (Å²) in [4.78, 5) is 38.1. The second-order valence-corrected chi connectivity index (χ2v) is 19.1. The lowest BCUT2D eigenvalue weighted by atomic mass is 10.1. The van der Waals surface area contributed by atoms with Gasteiger partial charge in [-0.15, -0.1) is 0 Å². The predicted octanol–water partition coefficient (Wildman–Crippen LogP) is 20.2. The number of carbonyl (C=O) groups excluding carboxylic acids is 3. The van der Waals surface area contributed by atoms with Crippen LogP contribution in [0.4, 0.5) is 0 Å². The van der Waals surface area contributed by atoms with Crippen molar-refractivity contribution in [1.29, 1.82) is 0 Å². The highest BCUT2D eigenvalue weighted by Gasteiger charge is 2.19. The average Bonchev–Trinajstić information content (AvgIpc) is 3.39. The van der Waals surface area contributed by atoms with E-state index in [4.69, 9.17) is 14.2 Å². The molecule has 0 saturated carbocycles. The molecule has 0 aliphatic rings. The van der Waals surface area contributed by atoms with Crippen molar-refractivity contribution in [3.05, 3.63) is 134 Å². The van der Waals surface area contributed by atoms with E-state index in [9.17, 15) is 14.4 Å². The summed E-state index contributed by atoms with van der Waals surface area (Å²) in [5.74, 6) is -1.02. The normalized spacial score (nSPS) is 13.1. The Kier molecular flexibility index (Phi) is 56.4. The van der Waals surface area contributed by atoms with Gasteiger partial charge in [-0.2, -0.15) is 0 Å². The predicted molar refractivity (Wildman–Crippen MR) is 316 cm³/mol. The van der Waals surface area contributed by atoms with Crippen molar-refractivity contribution in [3.8, 4) is 0 Å². The van der Waals surface area contributed by atoms with Gasteiger partial charge in [-0.1, -0.05) is 244 Å². The quantitative estimate of drug-likeness (QED) is 0.0261. The summed E-state index contributed by atoms with van der Waals surface area (Å²) in [6.45, 7) is 6.32. The van der Waals surface area contributed by atoms with E-state index in [-0.39, 0.29) is 37.5 Å². The molecule has 0 radical (unpaired) electrons. The maximum Gasteiger partial charge on any atom is 0.306 e. The van der Waals surface area contributed by atoms with E-state index >= 15 is 0 Å². The van der Waals surface area contributed by atoms with E-state index in [0.717, 1.165) is 122 Å². The first kappa shape index (κ1) is 68.6. The Morgan fingerprint density at radius 1 is 0.288 bits per heavy atom.